The van der Waals surface area contributed by atoms with Gasteiger partial charge in [0.25, 0.3) is 0 Å². The van der Waals surface area contributed by atoms with Crippen LogP contribution in [0.1, 0.15) is 5.82 Å². The van der Waals surface area contributed by atoms with Gasteiger partial charge in [-0.3, -0.25) is 4.40 Å². The van der Waals surface area contributed by atoms with Crippen LogP contribution in [0.2, 0.25) is 0 Å². The average molecular weight is 358 g/mol. The highest BCUT2D eigenvalue weighted by atomic mass is 32.2. The zero-order chi connectivity index (χ0) is 17.3. The van der Waals surface area contributed by atoms with E-state index in [0.717, 1.165) is 28.3 Å². The molecule has 0 saturated carbocycles. The van der Waals surface area contributed by atoms with E-state index in [9.17, 15) is 17.6 Å². The lowest BCUT2D eigenvalue weighted by atomic mass is 10.3. The summed E-state index contributed by atoms with van der Waals surface area (Å²) in [5.74, 6) is -1.54. The molecular weight excluding hydrogens is 348 g/mol. The number of hydrogen-bond donors (Lipinski definition) is 1. The number of benzene rings is 1. The maximum atomic E-state index is 13.5. The Morgan fingerprint density at radius 2 is 2.00 bits per heavy atom. The molecule has 0 amide bonds. The quantitative estimate of drug-likeness (QED) is 0.441. The number of halogens is 4. The fourth-order valence-electron chi connectivity index (χ4n) is 2.13. The number of thioether (sulfide) groups is 1. The van der Waals surface area contributed by atoms with Gasteiger partial charge in [0.05, 0.1) is 17.6 Å². The predicted molar refractivity (Wildman–Crippen MR) is 80.2 cm³/mol. The smallest absolute Gasteiger partial charge is 0.392 e. The van der Waals surface area contributed by atoms with Crippen molar-refractivity contribution in [3.05, 3.63) is 42.0 Å². The number of aliphatic hydroxyl groups excluding tert-OH is 1. The number of hydrogen-bond acceptors (Lipinski definition) is 5. The Hall–Kier alpha value is -2.20. The van der Waals surface area contributed by atoms with Gasteiger partial charge in [0.15, 0.2) is 5.65 Å². The molecule has 5 nitrogen and oxygen atoms in total. The number of aromatic nitrogens is 4. The molecule has 0 radical (unpaired) electrons. The molecule has 10 heteroatoms. The van der Waals surface area contributed by atoms with Crippen LogP contribution in [0.3, 0.4) is 0 Å². The van der Waals surface area contributed by atoms with E-state index in [0.29, 0.717) is 5.75 Å². The van der Waals surface area contributed by atoms with Crippen molar-refractivity contribution in [2.75, 3.05) is 12.4 Å². The maximum Gasteiger partial charge on any atom is 0.452 e. The minimum absolute atomic E-state index is 0.0578. The summed E-state index contributed by atoms with van der Waals surface area (Å²) in [6.07, 6.45) is -1.58. The summed E-state index contributed by atoms with van der Waals surface area (Å²) in [6, 6.07) is 3.39. The molecule has 0 saturated heterocycles. The minimum atomic E-state index is -4.74. The Morgan fingerprint density at radius 1 is 1.21 bits per heavy atom. The molecule has 126 valence electrons. The van der Waals surface area contributed by atoms with E-state index in [1.165, 1.54) is 12.1 Å². The van der Waals surface area contributed by atoms with Crippen LogP contribution in [-0.4, -0.2) is 37.0 Å². The zero-order valence-electron chi connectivity index (χ0n) is 12.0. The molecule has 0 atom stereocenters. The lowest BCUT2D eigenvalue weighted by molar-refractivity contribution is -0.145. The fraction of sp³-hybridized carbons (Fsp3) is 0.214. The second kappa shape index (κ2) is 6.36. The summed E-state index contributed by atoms with van der Waals surface area (Å²) >= 11 is 1.14. The first-order valence-electron chi connectivity index (χ1n) is 6.72. The molecule has 2 aromatic heterocycles. The van der Waals surface area contributed by atoms with E-state index in [4.69, 9.17) is 5.11 Å². The summed E-state index contributed by atoms with van der Waals surface area (Å²) in [4.78, 5) is 4.25. The standard InChI is InChI=1S/C14H10F4N4OS/c15-8-3-4-9-10(7-8)22-11(20-21-13(22)14(16,17)18)12(19-9)24-6-2-1-5-23/h1-4,7,23H,5-6H2. The first kappa shape index (κ1) is 16.7. The molecular formula is C14H10F4N4OS. The van der Waals surface area contributed by atoms with Gasteiger partial charge >= 0.3 is 6.18 Å². The van der Waals surface area contributed by atoms with Crippen LogP contribution in [0.25, 0.3) is 16.7 Å². The second-order valence-corrected chi connectivity index (χ2v) is 5.70. The molecule has 0 aliphatic rings. The van der Waals surface area contributed by atoms with Gasteiger partial charge in [0.1, 0.15) is 10.8 Å². The molecule has 0 aliphatic carbocycles. The largest absolute Gasteiger partial charge is 0.452 e. The molecule has 1 aromatic carbocycles. The van der Waals surface area contributed by atoms with E-state index >= 15 is 0 Å². The molecule has 3 aromatic rings. The van der Waals surface area contributed by atoms with E-state index < -0.39 is 17.8 Å². The van der Waals surface area contributed by atoms with Crippen molar-refractivity contribution in [3.63, 3.8) is 0 Å². The Morgan fingerprint density at radius 3 is 2.71 bits per heavy atom. The highest BCUT2D eigenvalue weighted by Gasteiger charge is 2.38. The monoisotopic (exact) mass is 358 g/mol. The van der Waals surface area contributed by atoms with Crippen molar-refractivity contribution in [1.29, 1.82) is 0 Å². The van der Waals surface area contributed by atoms with Crippen molar-refractivity contribution in [2.45, 2.75) is 11.2 Å². The lowest BCUT2D eigenvalue weighted by Gasteiger charge is -2.09. The Balaban J connectivity index is 2.24. The fourth-order valence-corrected chi connectivity index (χ4v) is 2.94. The van der Waals surface area contributed by atoms with Gasteiger partial charge in [0.2, 0.25) is 5.82 Å². The first-order valence-corrected chi connectivity index (χ1v) is 7.70. The van der Waals surface area contributed by atoms with Gasteiger partial charge in [0, 0.05) is 11.8 Å². The van der Waals surface area contributed by atoms with Crippen molar-refractivity contribution in [3.8, 4) is 0 Å². The number of aliphatic hydroxyl groups is 1. The van der Waals surface area contributed by atoms with Crippen LogP contribution < -0.4 is 0 Å². The third-order valence-corrected chi connectivity index (χ3v) is 4.00. The highest BCUT2D eigenvalue weighted by molar-refractivity contribution is 7.99. The maximum absolute atomic E-state index is 13.5. The molecule has 0 aliphatic heterocycles. The van der Waals surface area contributed by atoms with Crippen LogP contribution in [0.5, 0.6) is 0 Å². The third kappa shape index (κ3) is 3.06. The van der Waals surface area contributed by atoms with Crippen LogP contribution in [-0.2, 0) is 6.18 Å². The van der Waals surface area contributed by atoms with E-state index in [1.54, 1.807) is 6.08 Å². The number of nitrogens with zero attached hydrogens (tertiary/aromatic N) is 4. The van der Waals surface area contributed by atoms with Crippen molar-refractivity contribution >= 4 is 28.4 Å². The number of rotatable bonds is 4. The van der Waals surface area contributed by atoms with Crippen LogP contribution in [0, 0.1) is 5.82 Å². The normalized spacial score (nSPS) is 12.7. The lowest BCUT2D eigenvalue weighted by Crippen LogP contribution is -2.12. The van der Waals surface area contributed by atoms with Gasteiger partial charge in [-0.05, 0) is 12.1 Å². The summed E-state index contributed by atoms with van der Waals surface area (Å²) in [7, 11) is 0. The summed E-state index contributed by atoms with van der Waals surface area (Å²) < 4.78 is 53.8. The Bertz CT molecular complexity index is 922. The average Bonchev–Trinajstić information content (AvgIpc) is 2.97. The summed E-state index contributed by atoms with van der Waals surface area (Å²) in [5, 5.41) is 15.7. The summed E-state index contributed by atoms with van der Waals surface area (Å²) in [6.45, 7) is -0.135. The molecule has 3 rings (SSSR count). The summed E-state index contributed by atoms with van der Waals surface area (Å²) in [5.41, 5.74) is 0.0447. The van der Waals surface area contributed by atoms with Crippen LogP contribution in [0.4, 0.5) is 17.6 Å². The van der Waals surface area contributed by atoms with E-state index in [-0.39, 0.29) is 28.3 Å². The number of alkyl halides is 3. The molecule has 0 spiro atoms. The van der Waals surface area contributed by atoms with Gasteiger partial charge in [-0.2, -0.15) is 13.2 Å². The molecule has 0 bridgehead atoms. The molecule has 0 unspecified atom stereocenters. The number of fused-ring (bicyclic) bond motifs is 3. The Labute approximate surface area is 137 Å². The van der Waals surface area contributed by atoms with Gasteiger partial charge in [-0.15, -0.1) is 10.2 Å². The van der Waals surface area contributed by atoms with E-state index in [1.807, 2.05) is 0 Å². The van der Waals surface area contributed by atoms with Gasteiger partial charge in [-0.1, -0.05) is 23.9 Å². The van der Waals surface area contributed by atoms with Crippen LogP contribution >= 0.6 is 11.8 Å². The third-order valence-electron chi connectivity index (χ3n) is 3.10. The highest BCUT2D eigenvalue weighted by Crippen LogP contribution is 2.33. The van der Waals surface area contributed by atoms with Crippen LogP contribution in [0.15, 0.2) is 35.4 Å². The molecule has 1 N–H and O–H groups in total. The second-order valence-electron chi connectivity index (χ2n) is 4.70. The van der Waals surface area contributed by atoms with E-state index in [2.05, 4.69) is 15.2 Å². The SMILES string of the molecule is OCC=CCSc1nc2ccc(F)cc2n2c(C(F)(F)F)nnc12. The molecule has 24 heavy (non-hydrogen) atoms. The first-order chi connectivity index (χ1) is 11.4. The zero-order valence-corrected chi connectivity index (χ0v) is 12.8. The predicted octanol–water partition coefficient (Wildman–Crippen LogP) is 3.08. The Kier molecular flexibility index (Phi) is 4.41. The topological polar surface area (TPSA) is 63.3 Å². The molecule has 2 heterocycles. The van der Waals surface area contributed by atoms with Gasteiger partial charge in [-0.25, -0.2) is 9.37 Å². The molecule has 0 fully saturated rings. The van der Waals surface area contributed by atoms with Crippen molar-refractivity contribution in [1.82, 2.24) is 19.6 Å². The van der Waals surface area contributed by atoms with Crippen molar-refractivity contribution < 1.29 is 22.7 Å². The minimum Gasteiger partial charge on any atom is -0.392 e. The van der Waals surface area contributed by atoms with Crippen molar-refractivity contribution in [2.24, 2.45) is 0 Å². The van der Waals surface area contributed by atoms with Gasteiger partial charge < -0.3 is 5.11 Å².